The zero-order chi connectivity index (χ0) is 35.4. The molecule has 0 rings (SSSR count). The first kappa shape index (κ1) is 46.8. The number of hydrogen-bond donors (Lipinski definition) is 1. The monoisotopic (exact) mass is 703 g/mol. The number of phosphoric ester groups is 1. The summed E-state index contributed by atoms with van der Waals surface area (Å²) in [6, 6.07) is 0. The number of allylic oxidation sites excluding steroid dienone is 2. The minimum atomic E-state index is -4.27. The van der Waals surface area contributed by atoms with Gasteiger partial charge in [-0.15, -0.1) is 0 Å². The molecule has 0 aromatic carbocycles. The lowest BCUT2D eigenvalue weighted by molar-refractivity contribution is -0.161. The van der Waals surface area contributed by atoms with E-state index in [0.717, 1.165) is 32.1 Å². The molecule has 2 atom stereocenters. The average molecular weight is 703 g/mol. The fourth-order valence-electron chi connectivity index (χ4n) is 5.62. The number of esters is 2. The summed E-state index contributed by atoms with van der Waals surface area (Å²) < 4.78 is 32.5. The van der Waals surface area contributed by atoms with Crippen molar-refractivity contribution >= 4 is 19.8 Å². The van der Waals surface area contributed by atoms with Gasteiger partial charge in [0, 0.05) is 12.8 Å². The van der Waals surface area contributed by atoms with Gasteiger partial charge in [0.15, 0.2) is 6.10 Å². The van der Waals surface area contributed by atoms with Crippen LogP contribution in [0.3, 0.4) is 0 Å². The van der Waals surface area contributed by atoms with E-state index in [0.29, 0.717) is 12.8 Å². The van der Waals surface area contributed by atoms with Crippen LogP contribution in [0.15, 0.2) is 12.2 Å². The summed E-state index contributed by atoms with van der Waals surface area (Å²) in [6.07, 6.45) is 35.6. The standard InChI is InChI=1S/C39H75O8P/c1-4-7-9-11-13-15-16-17-18-19-20-21-22-23-24-26-28-30-32-34-39(41)47-37(36-46-48(42,43)45-6-3)35-44-38(40)33-31-29-27-25-14-12-10-8-5-2/h17-18,37H,4-16,19-36H2,1-3H3,(H,42,43)/b18-17-. The molecule has 1 N–H and O–H groups in total. The third kappa shape index (κ3) is 34.6. The van der Waals surface area contributed by atoms with E-state index in [-0.39, 0.29) is 32.2 Å². The van der Waals surface area contributed by atoms with Crippen LogP contribution in [-0.4, -0.2) is 42.8 Å². The normalized spacial score (nSPS) is 13.5. The van der Waals surface area contributed by atoms with E-state index in [1.807, 2.05) is 0 Å². The molecule has 0 radical (unpaired) electrons. The van der Waals surface area contributed by atoms with Gasteiger partial charge in [0.2, 0.25) is 0 Å². The second-order valence-electron chi connectivity index (χ2n) is 13.3. The molecule has 9 heteroatoms. The maximum absolute atomic E-state index is 12.5. The van der Waals surface area contributed by atoms with Gasteiger partial charge in [0.05, 0.1) is 13.2 Å². The molecule has 48 heavy (non-hydrogen) atoms. The van der Waals surface area contributed by atoms with Crippen molar-refractivity contribution in [1.29, 1.82) is 0 Å². The minimum Gasteiger partial charge on any atom is -0.462 e. The molecule has 0 aromatic rings. The Morgan fingerprint density at radius 1 is 0.542 bits per heavy atom. The summed E-state index contributed by atoms with van der Waals surface area (Å²) in [5.41, 5.74) is 0. The van der Waals surface area contributed by atoms with Gasteiger partial charge < -0.3 is 14.4 Å². The molecular weight excluding hydrogens is 627 g/mol. The molecule has 8 nitrogen and oxygen atoms in total. The van der Waals surface area contributed by atoms with Crippen molar-refractivity contribution in [2.75, 3.05) is 19.8 Å². The van der Waals surface area contributed by atoms with Gasteiger partial charge in [-0.1, -0.05) is 154 Å². The van der Waals surface area contributed by atoms with Gasteiger partial charge in [0.25, 0.3) is 0 Å². The molecule has 0 amide bonds. The average Bonchev–Trinajstić information content (AvgIpc) is 3.06. The number of carbonyl (C=O) groups is 2. The summed E-state index contributed by atoms with van der Waals surface area (Å²) in [7, 11) is -4.27. The Morgan fingerprint density at radius 3 is 1.38 bits per heavy atom. The Kier molecular flexibility index (Phi) is 34.7. The predicted molar refractivity (Wildman–Crippen MR) is 198 cm³/mol. The second-order valence-corrected chi connectivity index (χ2v) is 14.8. The van der Waals surface area contributed by atoms with E-state index in [9.17, 15) is 19.0 Å². The third-order valence-electron chi connectivity index (χ3n) is 8.57. The second kappa shape index (κ2) is 35.6. The Balaban J connectivity index is 4.04. The lowest BCUT2D eigenvalue weighted by Gasteiger charge is -2.19. The quantitative estimate of drug-likeness (QED) is 0.0295. The largest absolute Gasteiger partial charge is 0.472 e. The maximum atomic E-state index is 12.5. The van der Waals surface area contributed by atoms with Crippen LogP contribution in [0.1, 0.15) is 201 Å². The van der Waals surface area contributed by atoms with Crippen molar-refractivity contribution in [3.63, 3.8) is 0 Å². The topological polar surface area (TPSA) is 108 Å². The van der Waals surface area contributed by atoms with Crippen molar-refractivity contribution in [2.24, 2.45) is 0 Å². The highest BCUT2D eigenvalue weighted by Crippen LogP contribution is 2.43. The van der Waals surface area contributed by atoms with Crippen LogP contribution in [0.2, 0.25) is 0 Å². The molecular formula is C39H75O8P. The minimum absolute atomic E-state index is 0.00293. The Bertz CT molecular complexity index is 803. The van der Waals surface area contributed by atoms with Gasteiger partial charge in [0.1, 0.15) is 6.61 Å². The third-order valence-corrected chi connectivity index (χ3v) is 9.63. The lowest BCUT2D eigenvalue weighted by atomic mass is 10.1. The molecule has 0 heterocycles. The summed E-state index contributed by atoms with van der Waals surface area (Å²) in [6.45, 7) is 5.45. The van der Waals surface area contributed by atoms with Crippen LogP contribution in [-0.2, 0) is 32.7 Å². The first-order valence-corrected chi connectivity index (χ1v) is 21.5. The first-order chi connectivity index (χ1) is 23.3. The van der Waals surface area contributed by atoms with E-state index in [2.05, 4.69) is 26.0 Å². The number of carbonyl (C=O) groups excluding carboxylic acids is 2. The van der Waals surface area contributed by atoms with Gasteiger partial charge in [-0.05, 0) is 45.4 Å². The zero-order valence-corrected chi connectivity index (χ0v) is 32.3. The molecule has 0 saturated carbocycles. The van der Waals surface area contributed by atoms with E-state index < -0.39 is 19.9 Å². The van der Waals surface area contributed by atoms with Crippen LogP contribution in [0.5, 0.6) is 0 Å². The molecule has 2 unspecified atom stereocenters. The Morgan fingerprint density at radius 2 is 0.938 bits per heavy atom. The number of phosphoric acid groups is 1. The Labute approximate surface area is 295 Å². The fraction of sp³-hybridized carbons (Fsp3) is 0.897. The highest BCUT2D eigenvalue weighted by atomic mass is 31.2. The van der Waals surface area contributed by atoms with Gasteiger partial charge in [-0.25, -0.2) is 4.57 Å². The molecule has 0 aliphatic carbocycles. The van der Waals surface area contributed by atoms with Crippen molar-refractivity contribution in [2.45, 2.75) is 207 Å². The number of unbranched alkanes of at least 4 members (excludes halogenated alkanes) is 23. The van der Waals surface area contributed by atoms with E-state index >= 15 is 0 Å². The maximum Gasteiger partial charge on any atom is 0.472 e. The van der Waals surface area contributed by atoms with E-state index in [4.69, 9.17) is 18.5 Å². The van der Waals surface area contributed by atoms with E-state index in [1.165, 1.54) is 128 Å². The SMILES string of the molecule is CCCCCCCC/C=C\CCCCCCCCCCCC(=O)OC(COC(=O)CCCCCCCCCCC)COP(=O)(O)OCC. The number of ether oxygens (including phenoxy) is 2. The van der Waals surface area contributed by atoms with Crippen molar-refractivity contribution in [3.05, 3.63) is 12.2 Å². The molecule has 0 fully saturated rings. The van der Waals surface area contributed by atoms with Crippen LogP contribution >= 0.6 is 7.82 Å². The number of hydrogen-bond acceptors (Lipinski definition) is 7. The van der Waals surface area contributed by atoms with Gasteiger partial charge >= 0.3 is 19.8 Å². The van der Waals surface area contributed by atoms with Crippen LogP contribution in [0, 0.1) is 0 Å². The summed E-state index contributed by atoms with van der Waals surface area (Å²) in [5.74, 6) is -0.796. The van der Waals surface area contributed by atoms with Crippen molar-refractivity contribution in [1.82, 2.24) is 0 Å². The molecule has 0 aliphatic heterocycles. The molecule has 0 aromatic heterocycles. The molecule has 284 valence electrons. The Hall–Kier alpha value is -1.21. The molecule has 0 bridgehead atoms. The summed E-state index contributed by atoms with van der Waals surface area (Å²) in [4.78, 5) is 34.5. The smallest absolute Gasteiger partial charge is 0.462 e. The van der Waals surface area contributed by atoms with Gasteiger partial charge in [-0.3, -0.25) is 18.6 Å². The van der Waals surface area contributed by atoms with Crippen LogP contribution in [0.4, 0.5) is 0 Å². The lowest BCUT2D eigenvalue weighted by Crippen LogP contribution is -2.29. The fourth-order valence-corrected chi connectivity index (χ4v) is 6.38. The predicted octanol–water partition coefficient (Wildman–Crippen LogP) is 12.1. The molecule has 0 saturated heterocycles. The summed E-state index contributed by atoms with van der Waals surface area (Å²) in [5, 5.41) is 0. The highest BCUT2D eigenvalue weighted by Gasteiger charge is 2.25. The number of rotatable bonds is 37. The summed E-state index contributed by atoms with van der Waals surface area (Å²) >= 11 is 0. The molecule has 0 spiro atoms. The van der Waals surface area contributed by atoms with Crippen LogP contribution in [0.25, 0.3) is 0 Å². The molecule has 0 aliphatic rings. The highest BCUT2D eigenvalue weighted by molar-refractivity contribution is 7.47. The van der Waals surface area contributed by atoms with E-state index in [1.54, 1.807) is 6.92 Å². The van der Waals surface area contributed by atoms with Crippen molar-refractivity contribution < 1.29 is 37.6 Å². The zero-order valence-electron chi connectivity index (χ0n) is 31.4. The van der Waals surface area contributed by atoms with Gasteiger partial charge in [-0.2, -0.15) is 0 Å². The van der Waals surface area contributed by atoms with Crippen LogP contribution < -0.4 is 0 Å². The first-order valence-electron chi connectivity index (χ1n) is 20.0. The van der Waals surface area contributed by atoms with Crippen molar-refractivity contribution in [3.8, 4) is 0 Å².